The molecule has 41 heavy (non-hydrogen) atoms. The number of hydrogen-bond acceptors (Lipinski definition) is 10. The van der Waals surface area contributed by atoms with Gasteiger partial charge in [-0.3, -0.25) is 4.79 Å². The average molecular weight is 590 g/mol. The van der Waals surface area contributed by atoms with Crippen LogP contribution < -0.4 is 10.2 Å². The summed E-state index contributed by atoms with van der Waals surface area (Å²) in [5, 5.41) is 2.80. The molecule has 0 saturated heterocycles. The first-order valence-electron chi connectivity index (χ1n) is 12.9. The van der Waals surface area contributed by atoms with Crippen molar-refractivity contribution in [2.45, 2.75) is 70.1 Å². The lowest BCUT2D eigenvalue weighted by atomic mass is 10.1. The van der Waals surface area contributed by atoms with E-state index in [4.69, 9.17) is 0 Å². The van der Waals surface area contributed by atoms with Gasteiger partial charge in [0.2, 0.25) is 0 Å². The fourth-order valence-electron chi connectivity index (χ4n) is 3.99. The fraction of sp³-hybridized carbons (Fsp3) is 0.462. The first-order valence-corrected chi connectivity index (χ1v) is 14.2. The van der Waals surface area contributed by atoms with E-state index in [1.807, 2.05) is 0 Å². The highest BCUT2D eigenvalue weighted by Gasteiger charge is 2.40. The molecule has 0 spiro atoms. The van der Waals surface area contributed by atoms with E-state index < -0.39 is 23.4 Å². The number of halogens is 3. The van der Waals surface area contributed by atoms with Crippen molar-refractivity contribution in [2.24, 2.45) is 4.99 Å². The van der Waals surface area contributed by atoms with Gasteiger partial charge in [0.1, 0.15) is 29.6 Å². The Labute approximate surface area is 238 Å². The molecule has 0 radical (unpaired) electrons. The lowest BCUT2D eigenvalue weighted by Gasteiger charge is -2.29. The molecular weight excluding hydrogens is 559 g/mol. The molecule has 1 fully saturated rings. The Morgan fingerprint density at radius 3 is 2.46 bits per heavy atom. The minimum atomic E-state index is -4.56. The van der Waals surface area contributed by atoms with Crippen molar-refractivity contribution in [3.05, 3.63) is 41.6 Å². The van der Waals surface area contributed by atoms with Crippen LogP contribution in [0.3, 0.4) is 0 Å². The van der Waals surface area contributed by atoms with Crippen LogP contribution in [-0.2, 0) is 22.5 Å². The second kappa shape index (κ2) is 12.4. The topological polar surface area (TPSA) is 145 Å². The maximum absolute atomic E-state index is 13.8. The minimum Gasteiger partial charge on any atom is -0.611 e. The highest BCUT2D eigenvalue weighted by atomic mass is 32.2. The minimum absolute atomic E-state index is 0.000895. The summed E-state index contributed by atoms with van der Waals surface area (Å²) in [7, 11) is 1.27. The van der Waals surface area contributed by atoms with Crippen LogP contribution in [0.1, 0.15) is 55.5 Å². The van der Waals surface area contributed by atoms with E-state index in [1.165, 1.54) is 25.8 Å². The van der Waals surface area contributed by atoms with Crippen LogP contribution in [-0.4, -0.2) is 71.6 Å². The Hall–Kier alpha value is -3.72. The van der Waals surface area contributed by atoms with Gasteiger partial charge < -0.3 is 14.8 Å². The van der Waals surface area contributed by atoms with Crippen LogP contribution >= 0.6 is 0 Å². The Kier molecular flexibility index (Phi) is 9.17. The second-order valence-corrected chi connectivity index (χ2v) is 11.3. The van der Waals surface area contributed by atoms with Crippen molar-refractivity contribution in [2.75, 3.05) is 17.7 Å². The number of amidine groups is 1. The number of alkyl halides is 3. The first-order chi connectivity index (χ1) is 19.4. The van der Waals surface area contributed by atoms with Gasteiger partial charge in [0.05, 0.1) is 41.6 Å². The van der Waals surface area contributed by atoms with E-state index in [0.29, 0.717) is 34.0 Å². The van der Waals surface area contributed by atoms with E-state index in [2.05, 4.69) is 40.2 Å². The van der Waals surface area contributed by atoms with Gasteiger partial charge in [-0.2, -0.15) is 13.2 Å². The quantitative estimate of drug-likeness (QED) is 0.161. The molecule has 1 N–H and O–H groups in total. The zero-order valence-electron chi connectivity index (χ0n) is 23.2. The monoisotopic (exact) mass is 589 g/mol. The Morgan fingerprint density at radius 2 is 1.88 bits per heavy atom. The summed E-state index contributed by atoms with van der Waals surface area (Å²) in [4.78, 5) is 43.8. The van der Waals surface area contributed by atoms with E-state index in [-0.39, 0.29) is 41.3 Å². The third kappa shape index (κ3) is 6.96. The first kappa shape index (κ1) is 30.2. The third-order valence-electron chi connectivity index (χ3n) is 6.66. The molecule has 0 aliphatic heterocycles. The molecule has 0 amide bonds. The summed E-state index contributed by atoms with van der Waals surface area (Å²) in [6.07, 6.45) is 2.10. The van der Waals surface area contributed by atoms with Gasteiger partial charge in [0, 0.05) is 13.0 Å². The van der Waals surface area contributed by atoms with Crippen LogP contribution in [0.5, 0.6) is 0 Å². The van der Waals surface area contributed by atoms with Gasteiger partial charge in [-0.15, -0.1) is 0 Å². The largest absolute Gasteiger partial charge is 0.611 e. The van der Waals surface area contributed by atoms with Gasteiger partial charge in [0.15, 0.2) is 28.7 Å². The summed E-state index contributed by atoms with van der Waals surface area (Å²) in [6.45, 7) is 6.15. The maximum Gasteiger partial charge on any atom is 0.408 e. The van der Waals surface area contributed by atoms with E-state index in [0.717, 1.165) is 30.4 Å². The average Bonchev–Trinajstić information content (AvgIpc) is 3.80. The molecule has 3 heterocycles. The predicted molar refractivity (Wildman–Crippen MR) is 147 cm³/mol. The van der Waals surface area contributed by atoms with E-state index >= 15 is 0 Å². The van der Waals surface area contributed by atoms with Gasteiger partial charge in [-0.1, -0.05) is 0 Å². The Morgan fingerprint density at radius 1 is 1.20 bits per heavy atom. The number of aliphatic imine (C=N–C) groups is 1. The smallest absolute Gasteiger partial charge is 0.408 e. The maximum atomic E-state index is 13.8. The number of hydrogen-bond donors (Lipinski definition) is 1. The number of anilines is 1. The molecule has 3 aromatic rings. The molecule has 4 rings (SSSR count). The number of carbonyl (C=O) groups excluding carboxylic acids is 1. The van der Waals surface area contributed by atoms with E-state index in [1.54, 1.807) is 20.8 Å². The van der Waals surface area contributed by atoms with Crippen LogP contribution in [0.4, 0.5) is 24.7 Å². The summed E-state index contributed by atoms with van der Waals surface area (Å²) in [6, 6.07) is -1.91. The molecule has 15 heteroatoms. The van der Waals surface area contributed by atoms with Crippen LogP contribution in [0, 0.1) is 13.8 Å². The molecule has 2 atom stereocenters. The van der Waals surface area contributed by atoms with Crippen LogP contribution in [0.25, 0.3) is 11.4 Å². The normalized spacial score (nSPS) is 15.4. The van der Waals surface area contributed by atoms with Crippen molar-refractivity contribution in [3.8, 4) is 11.4 Å². The van der Waals surface area contributed by atoms with Gasteiger partial charge in [-0.25, -0.2) is 34.9 Å². The number of nitrogens with zero attached hydrogens (tertiary/aromatic N) is 8. The zero-order valence-corrected chi connectivity index (χ0v) is 24.0. The van der Waals surface area contributed by atoms with Crippen molar-refractivity contribution in [1.82, 2.24) is 35.2 Å². The summed E-state index contributed by atoms with van der Waals surface area (Å²) < 4.78 is 53.3. The zero-order chi connectivity index (χ0) is 29.9. The van der Waals surface area contributed by atoms with Crippen LogP contribution in [0.15, 0.2) is 28.6 Å². The molecule has 1 saturated carbocycles. The second-order valence-electron chi connectivity index (χ2n) is 9.56. The molecule has 0 bridgehead atoms. The standard InChI is InChI=1S/C26H30F3N9O2S/c1-6-41(40)18-9-30-19(31-10-18)11-32-20(12-39)36-22-15(3)35-24(37-25(22)38(5)16(4)26(27,28)29)21-14(2)33-13-34-23(21)17-7-8-17/h9-10,12-13,16-17H,6-8,11H2,1-5H3,(H,32,36). The molecular formula is C26H30F3N9O2S. The number of aromatic nitrogens is 6. The van der Waals surface area contributed by atoms with Crippen molar-refractivity contribution in [1.29, 1.82) is 0 Å². The molecule has 1 aliphatic carbocycles. The third-order valence-corrected chi connectivity index (χ3v) is 7.92. The van der Waals surface area contributed by atoms with Gasteiger partial charge in [0.25, 0.3) is 0 Å². The SMILES string of the molecule is CC[S+]([O-])c1cnc(CN/C(C=O)=N/c2c(C)nc(-c3c(C)ncnc3C3CC3)nc2N(C)C(C)C(F)(F)F)nc1. The highest BCUT2D eigenvalue weighted by Crippen LogP contribution is 2.44. The van der Waals surface area contributed by atoms with E-state index in [9.17, 15) is 22.5 Å². The summed E-state index contributed by atoms with van der Waals surface area (Å²) in [5.41, 5.74) is 2.22. The van der Waals surface area contributed by atoms with Gasteiger partial charge >= 0.3 is 6.18 Å². The highest BCUT2D eigenvalue weighted by molar-refractivity contribution is 7.91. The molecule has 1 aliphatic rings. The number of aldehydes is 1. The lowest BCUT2D eigenvalue weighted by Crippen LogP contribution is -2.41. The number of carbonyl (C=O) groups is 1. The Balaban J connectivity index is 1.74. The van der Waals surface area contributed by atoms with Gasteiger partial charge in [-0.05, 0) is 51.7 Å². The molecule has 11 nitrogen and oxygen atoms in total. The predicted octanol–water partition coefficient (Wildman–Crippen LogP) is 3.75. The fourth-order valence-corrected chi connectivity index (χ4v) is 4.67. The lowest BCUT2D eigenvalue weighted by molar-refractivity contribution is -0.144. The van der Waals surface area contributed by atoms with Crippen molar-refractivity contribution in [3.63, 3.8) is 0 Å². The Bertz CT molecular complexity index is 1430. The molecule has 218 valence electrons. The van der Waals surface area contributed by atoms with Crippen molar-refractivity contribution < 1.29 is 22.5 Å². The number of aryl methyl sites for hydroxylation is 2. The van der Waals surface area contributed by atoms with Crippen molar-refractivity contribution >= 4 is 34.8 Å². The summed E-state index contributed by atoms with van der Waals surface area (Å²) in [5.74, 6) is 0.845. The van der Waals surface area contributed by atoms with Crippen LogP contribution in [0.2, 0.25) is 0 Å². The molecule has 0 aromatic carbocycles. The molecule has 2 unspecified atom stereocenters. The summed E-state index contributed by atoms with van der Waals surface area (Å²) >= 11 is -1.21. The molecule has 3 aromatic heterocycles. The number of nitrogens with one attached hydrogen (secondary N) is 1. The number of rotatable bonds is 10.